The molecule has 0 nitrogen and oxygen atoms in total. The van der Waals surface area contributed by atoms with E-state index in [4.69, 9.17) is 0 Å². The first-order valence-corrected chi connectivity index (χ1v) is 3.32. The molecule has 0 aliphatic rings. The quantitative estimate of drug-likeness (QED) is 0.561. The summed E-state index contributed by atoms with van der Waals surface area (Å²) in [5.41, 5.74) is 0. The molecular formula is C10H9F. The lowest BCUT2D eigenvalue weighted by Gasteiger charge is -1.88. The van der Waals surface area contributed by atoms with E-state index < -0.39 is 0 Å². The lowest BCUT2D eigenvalue weighted by Crippen LogP contribution is -2.25. The van der Waals surface area contributed by atoms with Crippen molar-refractivity contribution in [3.63, 3.8) is 0 Å². The predicted octanol–water partition coefficient (Wildman–Crippen LogP) is 1.20. The van der Waals surface area contributed by atoms with Crippen LogP contribution >= 0.6 is 0 Å². The number of benzene rings is 1. The molecular weight excluding hydrogens is 139 g/mol. The molecule has 11 heavy (non-hydrogen) atoms. The Bertz CT molecular complexity index is 363. The van der Waals surface area contributed by atoms with Crippen LogP contribution in [0.3, 0.4) is 0 Å². The average Bonchev–Trinajstić information content (AvgIpc) is 1.97. The zero-order chi connectivity index (χ0) is 8.27. The number of allylic oxidation sites excluding steroid dienone is 1. The molecule has 0 unspecified atom stereocenters. The van der Waals surface area contributed by atoms with Gasteiger partial charge in [0.2, 0.25) is 0 Å². The van der Waals surface area contributed by atoms with Gasteiger partial charge in [0.1, 0.15) is 5.82 Å². The lowest BCUT2D eigenvalue weighted by atomic mass is 10.2. The topological polar surface area (TPSA) is 0 Å². The Morgan fingerprint density at radius 3 is 2.64 bits per heavy atom. The second-order valence-corrected chi connectivity index (χ2v) is 2.22. The molecule has 0 saturated carbocycles. The molecule has 0 aliphatic carbocycles. The van der Waals surface area contributed by atoms with Gasteiger partial charge >= 0.3 is 0 Å². The van der Waals surface area contributed by atoms with Gasteiger partial charge in [-0.05, 0) is 11.3 Å². The minimum absolute atomic E-state index is 0.252. The maximum Gasteiger partial charge on any atom is 0.131 e. The van der Waals surface area contributed by atoms with Gasteiger partial charge in [0, 0.05) is 5.22 Å². The van der Waals surface area contributed by atoms with E-state index in [-0.39, 0.29) is 5.82 Å². The SMILES string of the molecule is C=C/C=c1/c(F)cccc1=C. The molecule has 0 N–H and O–H groups in total. The van der Waals surface area contributed by atoms with Crippen LogP contribution in [0.5, 0.6) is 0 Å². The molecule has 56 valence electrons. The largest absolute Gasteiger partial charge is 0.206 e. The standard InChI is InChI=1S/C10H9F/c1-3-5-9-8(2)6-4-7-10(9)11/h3-7H,1-2H2/b9-5+. The Morgan fingerprint density at radius 1 is 1.36 bits per heavy atom. The van der Waals surface area contributed by atoms with E-state index >= 15 is 0 Å². The third-order valence-corrected chi connectivity index (χ3v) is 1.43. The Hall–Kier alpha value is -1.37. The van der Waals surface area contributed by atoms with Gasteiger partial charge in [0.25, 0.3) is 0 Å². The van der Waals surface area contributed by atoms with Crippen molar-refractivity contribution < 1.29 is 4.39 Å². The van der Waals surface area contributed by atoms with Gasteiger partial charge in [0.15, 0.2) is 0 Å². The van der Waals surface area contributed by atoms with E-state index in [9.17, 15) is 4.39 Å². The first-order chi connectivity index (χ1) is 5.25. The summed E-state index contributed by atoms with van der Waals surface area (Å²) in [6.07, 6.45) is 3.16. The minimum atomic E-state index is -0.252. The molecule has 0 bridgehead atoms. The van der Waals surface area contributed by atoms with E-state index in [2.05, 4.69) is 13.2 Å². The summed E-state index contributed by atoms with van der Waals surface area (Å²) < 4.78 is 12.9. The number of hydrogen-bond donors (Lipinski definition) is 0. The fourth-order valence-corrected chi connectivity index (χ4v) is 0.886. The van der Waals surface area contributed by atoms with E-state index in [1.807, 2.05) is 0 Å². The maximum atomic E-state index is 12.9. The van der Waals surface area contributed by atoms with Gasteiger partial charge in [-0.3, -0.25) is 0 Å². The van der Waals surface area contributed by atoms with Gasteiger partial charge in [-0.1, -0.05) is 37.4 Å². The first kappa shape index (κ1) is 7.73. The summed E-state index contributed by atoms with van der Waals surface area (Å²) in [6.45, 7) is 7.17. The Morgan fingerprint density at radius 2 is 2.09 bits per heavy atom. The van der Waals surface area contributed by atoms with Gasteiger partial charge in [-0.15, -0.1) is 0 Å². The van der Waals surface area contributed by atoms with Gasteiger partial charge in [0.05, 0.1) is 0 Å². The summed E-state index contributed by atoms with van der Waals surface area (Å²) in [5.74, 6) is -0.252. The summed E-state index contributed by atoms with van der Waals surface area (Å²) in [6, 6.07) is 4.81. The second kappa shape index (κ2) is 3.15. The predicted molar refractivity (Wildman–Crippen MR) is 45.8 cm³/mol. The van der Waals surface area contributed by atoms with Crippen LogP contribution in [0.25, 0.3) is 12.7 Å². The molecule has 0 amide bonds. The van der Waals surface area contributed by atoms with Crippen LogP contribution in [0.15, 0.2) is 30.9 Å². The Kier molecular flexibility index (Phi) is 2.21. The molecule has 0 aromatic heterocycles. The molecule has 0 aliphatic heterocycles. The molecule has 0 spiro atoms. The summed E-state index contributed by atoms with van der Waals surface area (Å²) in [5, 5.41) is 1.20. The van der Waals surface area contributed by atoms with Crippen LogP contribution in [-0.2, 0) is 0 Å². The molecule has 1 aromatic rings. The molecule has 1 heteroatoms. The first-order valence-electron chi connectivity index (χ1n) is 3.32. The highest BCUT2D eigenvalue weighted by Crippen LogP contribution is 1.83. The highest BCUT2D eigenvalue weighted by Gasteiger charge is 1.89. The zero-order valence-corrected chi connectivity index (χ0v) is 6.18. The van der Waals surface area contributed by atoms with Crippen molar-refractivity contribution in [1.82, 2.24) is 0 Å². The Balaban J connectivity index is 3.57. The van der Waals surface area contributed by atoms with Crippen molar-refractivity contribution in [2.45, 2.75) is 0 Å². The molecule has 0 saturated heterocycles. The van der Waals surface area contributed by atoms with E-state index in [1.54, 1.807) is 24.3 Å². The number of rotatable bonds is 1. The zero-order valence-electron chi connectivity index (χ0n) is 6.18. The third kappa shape index (κ3) is 1.55. The van der Waals surface area contributed by atoms with Gasteiger partial charge < -0.3 is 0 Å². The van der Waals surface area contributed by atoms with Crippen molar-refractivity contribution in [3.05, 3.63) is 47.1 Å². The number of halogens is 1. The minimum Gasteiger partial charge on any atom is -0.206 e. The second-order valence-electron chi connectivity index (χ2n) is 2.22. The lowest BCUT2D eigenvalue weighted by molar-refractivity contribution is 0.617. The van der Waals surface area contributed by atoms with E-state index in [0.29, 0.717) is 10.4 Å². The van der Waals surface area contributed by atoms with Gasteiger partial charge in [-0.25, -0.2) is 4.39 Å². The van der Waals surface area contributed by atoms with E-state index in [1.165, 1.54) is 6.07 Å². The third-order valence-electron chi connectivity index (χ3n) is 1.43. The van der Waals surface area contributed by atoms with Crippen LogP contribution in [0.2, 0.25) is 0 Å². The van der Waals surface area contributed by atoms with Crippen molar-refractivity contribution in [1.29, 1.82) is 0 Å². The fraction of sp³-hybridized carbons (Fsp3) is 0. The van der Waals surface area contributed by atoms with Crippen molar-refractivity contribution in [2.75, 3.05) is 0 Å². The Labute approximate surface area is 65.0 Å². The normalized spacial score (nSPS) is 11.5. The average molecular weight is 148 g/mol. The molecule has 0 heterocycles. The van der Waals surface area contributed by atoms with Gasteiger partial charge in [-0.2, -0.15) is 0 Å². The summed E-state index contributed by atoms with van der Waals surface area (Å²) >= 11 is 0. The summed E-state index contributed by atoms with van der Waals surface area (Å²) in [4.78, 5) is 0. The van der Waals surface area contributed by atoms with Crippen molar-refractivity contribution in [3.8, 4) is 0 Å². The summed E-state index contributed by atoms with van der Waals surface area (Å²) in [7, 11) is 0. The smallest absolute Gasteiger partial charge is 0.131 e. The number of hydrogen-bond acceptors (Lipinski definition) is 0. The van der Waals surface area contributed by atoms with Crippen LogP contribution in [-0.4, -0.2) is 0 Å². The van der Waals surface area contributed by atoms with Crippen LogP contribution in [0, 0.1) is 5.82 Å². The molecule has 1 rings (SSSR count). The molecule has 0 fully saturated rings. The van der Waals surface area contributed by atoms with Crippen LogP contribution in [0.4, 0.5) is 4.39 Å². The molecule has 0 radical (unpaired) electrons. The highest BCUT2D eigenvalue weighted by molar-refractivity contribution is 5.36. The van der Waals surface area contributed by atoms with Crippen molar-refractivity contribution >= 4 is 12.7 Å². The van der Waals surface area contributed by atoms with Crippen LogP contribution in [0.1, 0.15) is 0 Å². The van der Waals surface area contributed by atoms with E-state index in [0.717, 1.165) is 0 Å². The molecule has 1 aromatic carbocycles. The highest BCUT2D eigenvalue weighted by atomic mass is 19.1. The maximum absolute atomic E-state index is 12.9. The monoisotopic (exact) mass is 148 g/mol. The fourth-order valence-electron chi connectivity index (χ4n) is 0.886. The van der Waals surface area contributed by atoms with Crippen molar-refractivity contribution in [2.24, 2.45) is 0 Å². The molecule has 0 atom stereocenters. The van der Waals surface area contributed by atoms with Crippen LogP contribution < -0.4 is 10.4 Å².